The molecule has 0 saturated heterocycles. The number of carbonyl (C=O) groups excluding carboxylic acids is 1. The van der Waals surface area contributed by atoms with Crippen LogP contribution in [0.15, 0.2) is 41.8 Å². The van der Waals surface area contributed by atoms with Crippen LogP contribution in [0.5, 0.6) is 23.0 Å². The summed E-state index contributed by atoms with van der Waals surface area (Å²) in [5.41, 5.74) is 2.15. The van der Waals surface area contributed by atoms with Gasteiger partial charge in [-0.05, 0) is 36.4 Å². The number of fused-ring (bicyclic) bond motifs is 2. The number of ether oxygens (including phenoxy) is 4. The number of aromatic nitrogens is 1. The predicted molar refractivity (Wildman–Crippen MR) is 104 cm³/mol. The lowest BCUT2D eigenvalue weighted by molar-refractivity contribution is 0.102. The Hall–Kier alpha value is -3.26. The van der Waals surface area contributed by atoms with Crippen LogP contribution in [0.1, 0.15) is 10.4 Å². The third kappa shape index (κ3) is 3.22. The van der Waals surface area contributed by atoms with Gasteiger partial charge in [0, 0.05) is 16.5 Å². The molecule has 0 saturated carbocycles. The van der Waals surface area contributed by atoms with Gasteiger partial charge in [0.1, 0.15) is 26.4 Å². The average Bonchev–Trinajstić information content (AvgIpc) is 3.21. The number of hydrogen-bond acceptors (Lipinski definition) is 7. The maximum atomic E-state index is 12.6. The molecule has 0 unspecified atom stereocenters. The second kappa shape index (κ2) is 7.05. The van der Waals surface area contributed by atoms with E-state index in [1.807, 2.05) is 23.6 Å². The van der Waals surface area contributed by atoms with E-state index in [4.69, 9.17) is 18.9 Å². The lowest BCUT2D eigenvalue weighted by Crippen LogP contribution is -2.17. The monoisotopic (exact) mass is 396 g/mol. The highest BCUT2D eigenvalue weighted by Gasteiger charge is 2.17. The molecule has 3 heterocycles. The number of hydrogen-bond donors (Lipinski definition) is 1. The van der Waals surface area contributed by atoms with Crippen LogP contribution in [0.3, 0.4) is 0 Å². The summed E-state index contributed by atoms with van der Waals surface area (Å²) in [5.74, 6) is 2.42. The van der Waals surface area contributed by atoms with Gasteiger partial charge in [0.05, 0.1) is 5.69 Å². The van der Waals surface area contributed by atoms with Crippen molar-refractivity contribution in [3.8, 4) is 34.3 Å². The first-order chi connectivity index (χ1) is 13.8. The molecule has 1 amide bonds. The van der Waals surface area contributed by atoms with Crippen molar-refractivity contribution < 1.29 is 23.7 Å². The van der Waals surface area contributed by atoms with Crippen LogP contribution in [0.4, 0.5) is 5.13 Å². The van der Waals surface area contributed by atoms with E-state index in [2.05, 4.69) is 10.3 Å². The Kier molecular flexibility index (Phi) is 4.25. The number of carbonyl (C=O) groups is 1. The number of amides is 1. The number of nitrogens with one attached hydrogen (secondary N) is 1. The predicted octanol–water partition coefficient (Wildman–Crippen LogP) is 3.60. The quantitative estimate of drug-likeness (QED) is 0.729. The Morgan fingerprint density at radius 1 is 0.857 bits per heavy atom. The first-order valence-electron chi connectivity index (χ1n) is 8.83. The van der Waals surface area contributed by atoms with Crippen molar-refractivity contribution in [2.45, 2.75) is 0 Å². The van der Waals surface area contributed by atoms with Gasteiger partial charge in [0.25, 0.3) is 5.91 Å². The van der Waals surface area contributed by atoms with Gasteiger partial charge in [-0.2, -0.15) is 0 Å². The highest BCUT2D eigenvalue weighted by molar-refractivity contribution is 7.14. The van der Waals surface area contributed by atoms with Crippen molar-refractivity contribution in [2.75, 3.05) is 31.7 Å². The highest BCUT2D eigenvalue weighted by atomic mass is 32.1. The van der Waals surface area contributed by atoms with Gasteiger partial charge in [-0.25, -0.2) is 4.98 Å². The molecule has 0 spiro atoms. The summed E-state index contributed by atoms with van der Waals surface area (Å²) in [4.78, 5) is 17.1. The van der Waals surface area contributed by atoms with E-state index in [-0.39, 0.29) is 5.91 Å². The highest BCUT2D eigenvalue weighted by Crippen LogP contribution is 2.35. The fourth-order valence-electron chi connectivity index (χ4n) is 3.02. The Balaban J connectivity index is 1.33. The fraction of sp³-hybridized carbons (Fsp3) is 0.200. The molecule has 28 heavy (non-hydrogen) atoms. The lowest BCUT2D eigenvalue weighted by Gasteiger charge is -2.18. The molecule has 2 aromatic carbocycles. The first kappa shape index (κ1) is 16.9. The molecule has 0 bridgehead atoms. The van der Waals surface area contributed by atoms with E-state index < -0.39 is 0 Å². The molecule has 0 aliphatic carbocycles. The summed E-state index contributed by atoms with van der Waals surface area (Å²) >= 11 is 1.36. The zero-order valence-electron chi connectivity index (χ0n) is 14.8. The fourth-order valence-corrected chi connectivity index (χ4v) is 3.74. The Morgan fingerprint density at radius 3 is 2.25 bits per heavy atom. The molecule has 142 valence electrons. The molecular weight excluding hydrogens is 380 g/mol. The number of rotatable bonds is 3. The molecule has 0 fully saturated rings. The van der Waals surface area contributed by atoms with Crippen LogP contribution in [-0.2, 0) is 0 Å². The van der Waals surface area contributed by atoms with Crippen molar-refractivity contribution in [2.24, 2.45) is 0 Å². The SMILES string of the molecule is O=C(Nc1nc(-c2ccc3c(c2)OCCO3)cs1)c1ccc2c(c1)OCCO2. The maximum absolute atomic E-state index is 12.6. The second-order valence-electron chi connectivity index (χ2n) is 6.21. The van der Waals surface area contributed by atoms with E-state index in [0.717, 1.165) is 17.0 Å². The summed E-state index contributed by atoms with van der Waals surface area (Å²) in [6.45, 7) is 2.08. The van der Waals surface area contributed by atoms with Crippen LogP contribution < -0.4 is 24.3 Å². The van der Waals surface area contributed by atoms with Crippen molar-refractivity contribution in [3.05, 3.63) is 47.3 Å². The minimum atomic E-state index is -0.250. The topological polar surface area (TPSA) is 78.9 Å². The summed E-state index contributed by atoms with van der Waals surface area (Å²) in [7, 11) is 0. The molecule has 1 N–H and O–H groups in total. The van der Waals surface area contributed by atoms with Gasteiger partial charge in [-0.3, -0.25) is 10.1 Å². The van der Waals surface area contributed by atoms with Gasteiger partial charge in [-0.1, -0.05) is 0 Å². The molecule has 2 aliphatic heterocycles. The van der Waals surface area contributed by atoms with E-state index in [1.165, 1.54) is 11.3 Å². The number of anilines is 1. The Labute approximate surface area is 164 Å². The first-order valence-corrected chi connectivity index (χ1v) is 9.71. The van der Waals surface area contributed by atoms with Crippen LogP contribution >= 0.6 is 11.3 Å². The van der Waals surface area contributed by atoms with Crippen molar-refractivity contribution >= 4 is 22.4 Å². The molecule has 7 nitrogen and oxygen atoms in total. The molecule has 1 aromatic heterocycles. The van der Waals surface area contributed by atoms with E-state index in [0.29, 0.717) is 54.4 Å². The van der Waals surface area contributed by atoms with Crippen LogP contribution in [0.25, 0.3) is 11.3 Å². The van der Waals surface area contributed by atoms with Crippen molar-refractivity contribution in [3.63, 3.8) is 0 Å². The molecule has 5 rings (SSSR count). The van der Waals surface area contributed by atoms with E-state index in [1.54, 1.807) is 18.2 Å². The molecule has 0 atom stereocenters. The smallest absolute Gasteiger partial charge is 0.257 e. The number of nitrogens with zero attached hydrogens (tertiary/aromatic N) is 1. The van der Waals surface area contributed by atoms with Gasteiger partial charge in [0.2, 0.25) is 0 Å². The summed E-state index contributed by atoms with van der Waals surface area (Å²) < 4.78 is 22.2. The molecule has 8 heteroatoms. The second-order valence-corrected chi connectivity index (χ2v) is 7.07. The van der Waals surface area contributed by atoms with E-state index >= 15 is 0 Å². The average molecular weight is 396 g/mol. The van der Waals surface area contributed by atoms with Gasteiger partial charge < -0.3 is 18.9 Å². The minimum absolute atomic E-state index is 0.250. The third-order valence-corrected chi connectivity index (χ3v) is 5.12. The zero-order chi connectivity index (χ0) is 18.9. The van der Waals surface area contributed by atoms with Crippen molar-refractivity contribution in [1.82, 2.24) is 4.98 Å². The summed E-state index contributed by atoms with van der Waals surface area (Å²) in [5, 5.41) is 5.25. The largest absolute Gasteiger partial charge is 0.486 e. The van der Waals surface area contributed by atoms with Gasteiger partial charge in [-0.15, -0.1) is 11.3 Å². The number of benzene rings is 2. The van der Waals surface area contributed by atoms with Gasteiger partial charge in [0.15, 0.2) is 28.1 Å². The normalized spacial score (nSPS) is 14.4. The minimum Gasteiger partial charge on any atom is -0.486 e. The third-order valence-electron chi connectivity index (χ3n) is 4.37. The van der Waals surface area contributed by atoms with E-state index in [9.17, 15) is 4.79 Å². The molecule has 0 radical (unpaired) electrons. The summed E-state index contributed by atoms with van der Waals surface area (Å²) in [6.07, 6.45) is 0. The Morgan fingerprint density at radius 2 is 1.50 bits per heavy atom. The van der Waals surface area contributed by atoms with Gasteiger partial charge >= 0.3 is 0 Å². The Bertz CT molecular complexity index is 1050. The summed E-state index contributed by atoms with van der Waals surface area (Å²) in [6, 6.07) is 10.8. The molecule has 2 aliphatic rings. The van der Waals surface area contributed by atoms with Crippen LogP contribution in [0.2, 0.25) is 0 Å². The maximum Gasteiger partial charge on any atom is 0.257 e. The molecular formula is C20H16N2O5S. The number of thiazole rings is 1. The van der Waals surface area contributed by atoms with Crippen LogP contribution in [-0.4, -0.2) is 37.3 Å². The molecule has 3 aromatic rings. The zero-order valence-corrected chi connectivity index (χ0v) is 15.6. The lowest BCUT2D eigenvalue weighted by atomic mass is 10.1. The standard InChI is InChI=1S/C20H16N2O5S/c23-19(13-2-4-16-18(10-13)27-8-6-25-16)22-20-21-14(11-28-20)12-1-3-15-17(9-12)26-7-5-24-15/h1-4,9-11H,5-8H2,(H,21,22,23). The van der Waals surface area contributed by atoms with Crippen LogP contribution in [0, 0.1) is 0 Å². The van der Waals surface area contributed by atoms with Crippen molar-refractivity contribution in [1.29, 1.82) is 0 Å².